The maximum atomic E-state index is 12.5. The van der Waals surface area contributed by atoms with Crippen LogP contribution < -0.4 is 15.5 Å². The molecule has 1 saturated heterocycles. The molecule has 28 heavy (non-hydrogen) atoms. The highest BCUT2D eigenvalue weighted by molar-refractivity contribution is 5.79. The van der Waals surface area contributed by atoms with Gasteiger partial charge in [0.1, 0.15) is 0 Å². The van der Waals surface area contributed by atoms with Gasteiger partial charge in [-0.05, 0) is 50.4 Å². The van der Waals surface area contributed by atoms with Gasteiger partial charge in [0.15, 0.2) is 5.96 Å². The van der Waals surface area contributed by atoms with Gasteiger partial charge in [-0.3, -0.25) is 9.89 Å². The van der Waals surface area contributed by atoms with Crippen molar-refractivity contribution in [3.63, 3.8) is 0 Å². The standard InChI is InChI=1S/C20H32F3N5/c1-4-28(18-7-5-6-16(2)12-18)11-9-25-19(24-3)26-13-17-8-10-27(14-17)15-20(21,22)23/h5-7,12,17H,4,8-11,13-15H2,1-3H3,(H2,24,25,26). The smallest absolute Gasteiger partial charge is 0.370 e. The van der Waals surface area contributed by atoms with E-state index in [2.05, 4.69) is 58.6 Å². The molecule has 1 aromatic rings. The number of aliphatic imine (C=N–C) groups is 1. The van der Waals surface area contributed by atoms with Crippen molar-refractivity contribution in [3.05, 3.63) is 29.8 Å². The fourth-order valence-electron chi connectivity index (χ4n) is 3.54. The molecule has 1 aliphatic rings. The minimum absolute atomic E-state index is 0.209. The molecule has 1 aliphatic heterocycles. The zero-order valence-corrected chi connectivity index (χ0v) is 17.0. The molecule has 0 aliphatic carbocycles. The first-order valence-electron chi connectivity index (χ1n) is 9.86. The average molecular weight is 400 g/mol. The lowest BCUT2D eigenvalue weighted by Gasteiger charge is -2.24. The fraction of sp³-hybridized carbons (Fsp3) is 0.650. The Kier molecular flexibility index (Phi) is 8.41. The van der Waals surface area contributed by atoms with Crippen LogP contribution in [0.3, 0.4) is 0 Å². The van der Waals surface area contributed by atoms with Crippen molar-refractivity contribution in [1.29, 1.82) is 0 Å². The maximum Gasteiger partial charge on any atom is 0.401 e. The summed E-state index contributed by atoms with van der Waals surface area (Å²) in [5.74, 6) is 0.898. The predicted octanol–water partition coefficient (Wildman–Crippen LogP) is 2.87. The number of likely N-dealkylation sites (N-methyl/N-ethyl adjacent to an activating group) is 1. The van der Waals surface area contributed by atoms with Crippen molar-refractivity contribution in [1.82, 2.24) is 15.5 Å². The molecule has 0 aromatic heterocycles. The van der Waals surface area contributed by atoms with Gasteiger partial charge < -0.3 is 15.5 Å². The highest BCUT2D eigenvalue weighted by atomic mass is 19.4. The summed E-state index contributed by atoms with van der Waals surface area (Å²) in [4.78, 5) is 7.99. The molecule has 0 saturated carbocycles. The van der Waals surface area contributed by atoms with Gasteiger partial charge in [0, 0.05) is 45.5 Å². The van der Waals surface area contributed by atoms with Crippen LogP contribution in [0.15, 0.2) is 29.3 Å². The van der Waals surface area contributed by atoms with Crippen LogP contribution in [0.4, 0.5) is 18.9 Å². The number of halogens is 3. The van der Waals surface area contributed by atoms with Gasteiger partial charge in [-0.25, -0.2) is 0 Å². The van der Waals surface area contributed by atoms with Gasteiger partial charge in [0.05, 0.1) is 6.54 Å². The monoisotopic (exact) mass is 399 g/mol. The molecule has 158 valence electrons. The first-order valence-corrected chi connectivity index (χ1v) is 9.86. The van der Waals surface area contributed by atoms with Gasteiger partial charge in [0.25, 0.3) is 0 Å². The minimum Gasteiger partial charge on any atom is -0.370 e. The van der Waals surface area contributed by atoms with Crippen molar-refractivity contribution < 1.29 is 13.2 Å². The quantitative estimate of drug-likeness (QED) is 0.521. The molecule has 1 unspecified atom stereocenters. The number of benzene rings is 1. The molecule has 8 heteroatoms. The van der Waals surface area contributed by atoms with Crippen LogP contribution in [0.5, 0.6) is 0 Å². The predicted molar refractivity (Wildman–Crippen MR) is 109 cm³/mol. The van der Waals surface area contributed by atoms with Crippen LogP contribution in [0.1, 0.15) is 18.9 Å². The van der Waals surface area contributed by atoms with E-state index < -0.39 is 12.7 Å². The summed E-state index contributed by atoms with van der Waals surface area (Å²) in [6, 6.07) is 8.42. The molecule has 0 bridgehead atoms. The summed E-state index contributed by atoms with van der Waals surface area (Å²) < 4.78 is 37.5. The molecule has 1 atom stereocenters. The Labute approximate surface area is 166 Å². The number of hydrogen-bond donors (Lipinski definition) is 2. The lowest BCUT2D eigenvalue weighted by molar-refractivity contribution is -0.143. The molecular weight excluding hydrogens is 367 g/mol. The summed E-state index contributed by atoms with van der Waals surface area (Å²) in [6.45, 7) is 7.47. The topological polar surface area (TPSA) is 42.9 Å². The van der Waals surface area contributed by atoms with E-state index in [1.165, 1.54) is 16.2 Å². The minimum atomic E-state index is -4.12. The van der Waals surface area contributed by atoms with E-state index in [0.29, 0.717) is 25.6 Å². The number of nitrogens with one attached hydrogen (secondary N) is 2. The SMILES string of the molecule is CCN(CCNC(=NC)NCC1CCN(CC(F)(F)F)C1)c1cccc(C)c1. The Morgan fingerprint density at radius 1 is 1.32 bits per heavy atom. The summed E-state index contributed by atoms with van der Waals surface area (Å²) in [5, 5.41) is 6.54. The lowest BCUT2D eigenvalue weighted by atomic mass is 10.1. The summed E-state index contributed by atoms with van der Waals surface area (Å²) >= 11 is 0. The van der Waals surface area contributed by atoms with E-state index in [4.69, 9.17) is 0 Å². The first kappa shape index (κ1) is 22.3. The zero-order valence-electron chi connectivity index (χ0n) is 17.0. The van der Waals surface area contributed by atoms with Crippen LogP contribution in [0.25, 0.3) is 0 Å². The third kappa shape index (κ3) is 7.58. The molecule has 0 amide bonds. The second kappa shape index (κ2) is 10.5. The highest BCUT2D eigenvalue weighted by Gasteiger charge is 2.34. The molecule has 0 radical (unpaired) electrons. The van der Waals surface area contributed by atoms with E-state index >= 15 is 0 Å². The third-order valence-corrected chi connectivity index (χ3v) is 4.98. The van der Waals surface area contributed by atoms with E-state index in [9.17, 15) is 13.2 Å². The van der Waals surface area contributed by atoms with Crippen molar-refractivity contribution in [3.8, 4) is 0 Å². The van der Waals surface area contributed by atoms with E-state index in [0.717, 1.165) is 26.1 Å². The van der Waals surface area contributed by atoms with Gasteiger partial charge in [-0.15, -0.1) is 0 Å². The van der Waals surface area contributed by atoms with Crippen LogP contribution in [-0.4, -0.2) is 69.9 Å². The molecule has 1 fully saturated rings. The van der Waals surface area contributed by atoms with E-state index in [-0.39, 0.29) is 5.92 Å². The number of guanidine groups is 1. The van der Waals surface area contributed by atoms with Crippen molar-refractivity contribution in [2.24, 2.45) is 10.9 Å². The lowest BCUT2D eigenvalue weighted by Crippen LogP contribution is -2.43. The van der Waals surface area contributed by atoms with Crippen LogP contribution >= 0.6 is 0 Å². The van der Waals surface area contributed by atoms with Gasteiger partial charge in [0.2, 0.25) is 0 Å². The Bertz CT molecular complexity index is 633. The second-order valence-corrected chi connectivity index (χ2v) is 7.30. The third-order valence-electron chi connectivity index (χ3n) is 4.98. The zero-order chi connectivity index (χ0) is 20.6. The summed E-state index contributed by atoms with van der Waals surface area (Å²) in [7, 11) is 1.71. The summed E-state index contributed by atoms with van der Waals surface area (Å²) in [5.41, 5.74) is 2.43. The Morgan fingerprint density at radius 3 is 2.75 bits per heavy atom. The van der Waals surface area contributed by atoms with Gasteiger partial charge in [-0.2, -0.15) is 13.2 Å². The highest BCUT2D eigenvalue weighted by Crippen LogP contribution is 2.22. The van der Waals surface area contributed by atoms with E-state index in [1.807, 2.05) is 0 Å². The van der Waals surface area contributed by atoms with Crippen LogP contribution in [0.2, 0.25) is 0 Å². The Hall–Kier alpha value is -1.96. The number of aryl methyl sites for hydroxylation is 1. The number of rotatable bonds is 8. The normalized spacial score (nSPS) is 18.4. The van der Waals surface area contributed by atoms with Crippen LogP contribution in [0, 0.1) is 12.8 Å². The van der Waals surface area contributed by atoms with Gasteiger partial charge >= 0.3 is 6.18 Å². The first-order chi connectivity index (χ1) is 13.3. The number of alkyl halides is 3. The van der Waals surface area contributed by atoms with E-state index in [1.54, 1.807) is 7.05 Å². The molecule has 2 N–H and O–H groups in total. The Balaban J connectivity index is 1.71. The van der Waals surface area contributed by atoms with Crippen molar-refractivity contribution >= 4 is 11.6 Å². The number of hydrogen-bond acceptors (Lipinski definition) is 3. The number of anilines is 1. The van der Waals surface area contributed by atoms with Crippen LogP contribution in [-0.2, 0) is 0 Å². The number of nitrogens with zero attached hydrogens (tertiary/aromatic N) is 3. The average Bonchev–Trinajstić information content (AvgIpc) is 3.06. The van der Waals surface area contributed by atoms with Crippen molar-refractivity contribution in [2.75, 3.05) is 57.8 Å². The molecule has 2 rings (SSSR count). The second-order valence-electron chi connectivity index (χ2n) is 7.30. The summed E-state index contributed by atoms with van der Waals surface area (Å²) in [6.07, 6.45) is -3.35. The van der Waals surface area contributed by atoms with Gasteiger partial charge in [-0.1, -0.05) is 12.1 Å². The largest absolute Gasteiger partial charge is 0.401 e. The maximum absolute atomic E-state index is 12.5. The molecule has 5 nitrogen and oxygen atoms in total. The van der Waals surface area contributed by atoms with Crippen molar-refractivity contribution in [2.45, 2.75) is 26.4 Å². The molecule has 1 heterocycles. The molecule has 1 aromatic carbocycles. The molecular formula is C20H32F3N5. The Morgan fingerprint density at radius 2 is 2.11 bits per heavy atom. The fourth-order valence-corrected chi connectivity index (χ4v) is 3.54. The number of likely N-dealkylation sites (tertiary alicyclic amines) is 1. The molecule has 0 spiro atoms.